The first-order valence-electron chi connectivity index (χ1n) is 6.30. The first-order valence-corrected chi connectivity index (χ1v) is 6.30. The number of amides is 1. The van der Waals surface area contributed by atoms with Crippen LogP contribution in [0.15, 0.2) is 59.7 Å². The highest BCUT2D eigenvalue weighted by molar-refractivity contribution is 5.98. The van der Waals surface area contributed by atoms with E-state index in [0.29, 0.717) is 0 Å². The molecule has 1 N–H and O–H groups in total. The van der Waals surface area contributed by atoms with E-state index in [1.54, 1.807) is 6.07 Å². The summed E-state index contributed by atoms with van der Waals surface area (Å²) in [5.41, 5.74) is 2.69. The van der Waals surface area contributed by atoms with E-state index < -0.39 is 10.8 Å². The van der Waals surface area contributed by atoms with Crippen molar-refractivity contribution in [3.63, 3.8) is 0 Å². The number of nitro groups is 1. The van der Waals surface area contributed by atoms with Gasteiger partial charge in [-0.05, 0) is 24.1 Å². The number of carbonyl (C=O) groups is 1. The normalized spacial score (nSPS) is 9.82. The first-order chi connectivity index (χ1) is 10.7. The summed E-state index contributed by atoms with van der Waals surface area (Å²) >= 11 is 0. The van der Waals surface area contributed by atoms with Gasteiger partial charge in [-0.3, -0.25) is 14.9 Å². The Morgan fingerprint density at radius 3 is 2.55 bits per heavy atom. The molecule has 0 atom stereocenters. The number of hydrogen-bond donors (Lipinski definition) is 1. The molecule has 0 saturated carbocycles. The highest BCUT2D eigenvalue weighted by atomic mass is 16.6. The van der Waals surface area contributed by atoms with Crippen LogP contribution >= 0.6 is 0 Å². The van der Waals surface area contributed by atoms with E-state index in [9.17, 15) is 14.9 Å². The predicted octanol–water partition coefficient (Wildman–Crippen LogP) is 2.36. The van der Waals surface area contributed by atoms with Crippen LogP contribution < -0.4 is 5.43 Å². The summed E-state index contributed by atoms with van der Waals surface area (Å²) in [7, 11) is 0. The maximum Gasteiger partial charge on any atom is 0.282 e. The topological polar surface area (TPSA) is 84.6 Å². The van der Waals surface area contributed by atoms with Crippen LogP contribution in [0.25, 0.3) is 0 Å². The molecule has 2 aromatic carbocycles. The maximum atomic E-state index is 11.8. The summed E-state index contributed by atoms with van der Waals surface area (Å²) in [6, 6.07) is 14.9. The molecule has 2 rings (SSSR count). The number of nitrogens with one attached hydrogen (secondary N) is 1. The fourth-order valence-electron chi connectivity index (χ4n) is 1.65. The summed E-state index contributed by atoms with van der Waals surface area (Å²) < 4.78 is 0. The average Bonchev–Trinajstić information content (AvgIpc) is 2.55. The molecule has 2 aromatic rings. The lowest BCUT2D eigenvalue weighted by Crippen LogP contribution is -2.18. The molecule has 6 heteroatoms. The molecule has 0 aliphatic heterocycles. The molecule has 0 unspecified atom stereocenters. The number of nitro benzene ring substituents is 1. The average molecular weight is 293 g/mol. The number of para-hydroxylation sites is 1. The molecular formula is C16H11N3O3. The van der Waals surface area contributed by atoms with Crippen LogP contribution in [-0.4, -0.2) is 17.0 Å². The SMILES string of the molecule is O=C(N/N=C\C#Cc1ccccc1)c1ccccc1[N+](=O)[O-]. The fourth-order valence-corrected chi connectivity index (χ4v) is 1.65. The van der Waals surface area contributed by atoms with Gasteiger partial charge in [-0.15, -0.1) is 0 Å². The van der Waals surface area contributed by atoms with Crippen LogP contribution in [-0.2, 0) is 0 Å². The van der Waals surface area contributed by atoms with Crippen molar-refractivity contribution in [1.29, 1.82) is 0 Å². The van der Waals surface area contributed by atoms with Crippen molar-refractivity contribution in [2.24, 2.45) is 5.10 Å². The Bertz CT molecular complexity index is 774. The Morgan fingerprint density at radius 1 is 1.14 bits per heavy atom. The van der Waals surface area contributed by atoms with Gasteiger partial charge in [0.15, 0.2) is 0 Å². The van der Waals surface area contributed by atoms with E-state index in [1.165, 1.54) is 24.4 Å². The van der Waals surface area contributed by atoms with Gasteiger partial charge in [0.05, 0.1) is 11.1 Å². The van der Waals surface area contributed by atoms with E-state index in [1.807, 2.05) is 30.3 Å². The maximum absolute atomic E-state index is 11.8. The first kappa shape index (κ1) is 14.9. The molecule has 0 spiro atoms. The Hall–Kier alpha value is -3.46. The third-order valence-corrected chi connectivity index (χ3v) is 2.63. The second-order valence-electron chi connectivity index (χ2n) is 4.11. The second kappa shape index (κ2) is 7.36. The van der Waals surface area contributed by atoms with Crippen molar-refractivity contribution in [2.75, 3.05) is 0 Å². The minimum absolute atomic E-state index is 0.0549. The quantitative estimate of drug-likeness (QED) is 0.408. The van der Waals surface area contributed by atoms with Gasteiger partial charge in [0, 0.05) is 11.6 Å². The molecule has 0 fully saturated rings. The van der Waals surface area contributed by atoms with Gasteiger partial charge in [-0.25, -0.2) is 5.43 Å². The van der Waals surface area contributed by atoms with Crippen LogP contribution in [0.1, 0.15) is 15.9 Å². The number of carbonyl (C=O) groups excluding carboxylic acids is 1. The van der Waals surface area contributed by atoms with E-state index in [-0.39, 0.29) is 11.3 Å². The summed E-state index contributed by atoms with van der Waals surface area (Å²) in [5.74, 6) is 4.82. The molecule has 0 heterocycles. The van der Waals surface area contributed by atoms with E-state index in [0.717, 1.165) is 5.56 Å². The Morgan fingerprint density at radius 2 is 1.82 bits per heavy atom. The van der Waals surface area contributed by atoms with Crippen LogP contribution in [0.5, 0.6) is 0 Å². The molecule has 22 heavy (non-hydrogen) atoms. The molecule has 0 aromatic heterocycles. The molecule has 0 saturated heterocycles. The lowest BCUT2D eigenvalue weighted by molar-refractivity contribution is -0.385. The summed E-state index contributed by atoms with van der Waals surface area (Å²) in [6.07, 6.45) is 1.22. The van der Waals surface area contributed by atoms with E-state index in [2.05, 4.69) is 22.4 Å². The third-order valence-electron chi connectivity index (χ3n) is 2.63. The standard InChI is InChI=1S/C16H11N3O3/c20-16(14-10-4-5-11-15(14)19(21)22)18-17-12-6-9-13-7-2-1-3-8-13/h1-5,7-8,10-12H,(H,18,20)/b17-12-. The van der Waals surface area contributed by atoms with Crippen LogP contribution in [0.4, 0.5) is 5.69 Å². The van der Waals surface area contributed by atoms with Crippen molar-refractivity contribution in [3.8, 4) is 11.8 Å². The zero-order valence-electron chi connectivity index (χ0n) is 11.4. The van der Waals surface area contributed by atoms with E-state index >= 15 is 0 Å². The van der Waals surface area contributed by atoms with E-state index in [4.69, 9.17) is 0 Å². The van der Waals surface area contributed by atoms with Crippen molar-refractivity contribution in [1.82, 2.24) is 5.43 Å². The van der Waals surface area contributed by atoms with Gasteiger partial charge in [-0.2, -0.15) is 5.10 Å². The second-order valence-corrected chi connectivity index (χ2v) is 4.11. The largest absolute Gasteiger partial charge is 0.282 e. The van der Waals surface area contributed by atoms with Gasteiger partial charge in [0.2, 0.25) is 0 Å². The monoisotopic (exact) mass is 293 g/mol. The summed E-state index contributed by atoms with van der Waals surface area (Å²) in [4.78, 5) is 22.0. The minimum Gasteiger partial charge on any atom is -0.267 e. The van der Waals surface area contributed by atoms with Gasteiger partial charge < -0.3 is 0 Å². The predicted molar refractivity (Wildman–Crippen MR) is 82.4 cm³/mol. The van der Waals surface area contributed by atoms with Crippen molar-refractivity contribution >= 4 is 17.8 Å². The highest BCUT2D eigenvalue weighted by Crippen LogP contribution is 2.17. The Labute approximate surface area is 126 Å². The van der Waals surface area contributed by atoms with Crippen LogP contribution in [0.2, 0.25) is 0 Å². The molecule has 0 aliphatic carbocycles. The lowest BCUT2D eigenvalue weighted by atomic mass is 10.2. The van der Waals surface area contributed by atoms with Gasteiger partial charge in [0.25, 0.3) is 11.6 Å². The number of hydrazone groups is 1. The Balaban J connectivity index is 2.01. The minimum atomic E-state index is -0.662. The number of nitrogens with zero attached hydrogens (tertiary/aromatic N) is 2. The van der Waals surface area contributed by atoms with Crippen LogP contribution in [0, 0.1) is 22.0 Å². The molecular weight excluding hydrogens is 282 g/mol. The van der Waals surface area contributed by atoms with Gasteiger partial charge >= 0.3 is 0 Å². The molecule has 0 bridgehead atoms. The summed E-state index contributed by atoms with van der Waals surface area (Å²) in [6.45, 7) is 0. The fraction of sp³-hybridized carbons (Fsp3) is 0. The lowest BCUT2D eigenvalue weighted by Gasteiger charge is -2.00. The van der Waals surface area contributed by atoms with Crippen molar-refractivity contribution in [3.05, 3.63) is 75.8 Å². The molecule has 1 amide bonds. The van der Waals surface area contributed by atoms with Crippen molar-refractivity contribution < 1.29 is 9.72 Å². The molecule has 108 valence electrons. The van der Waals surface area contributed by atoms with Gasteiger partial charge in [0.1, 0.15) is 5.56 Å². The molecule has 0 aliphatic rings. The zero-order chi connectivity index (χ0) is 15.8. The van der Waals surface area contributed by atoms with Crippen LogP contribution in [0.3, 0.4) is 0 Å². The number of benzene rings is 2. The third kappa shape index (κ3) is 4.02. The Kier molecular flexibility index (Phi) is 5.00. The molecule has 0 radical (unpaired) electrons. The smallest absolute Gasteiger partial charge is 0.267 e. The summed E-state index contributed by atoms with van der Waals surface area (Å²) in [5, 5.41) is 14.5. The zero-order valence-corrected chi connectivity index (χ0v) is 11.4. The number of hydrogen-bond acceptors (Lipinski definition) is 4. The van der Waals surface area contributed by atoms with Crippen molar-refractivity contribution in [2.45, 2.75) is 0 Å². The van der Waals surface area contributed by atoms with Gasteiger partial charge in [-0.1, -0.05) is 36.3 Å². The highest BCUT2D eigenvalue weighted by Gasteiger charge is 2.18. The molecule has 6 nitrogen and oxygen atoms in total. The number of rotatable bonds is 3.